The number of anilines is 3. The van der Waals surface area contributed by atoms with Crippen LogP contribution in [0.2, 0.25) is 0 Å². The molecule has 0 saturated carbocycles. The van der Waals surface area contributed by atoms with Gasteiger partial charge in [0.15, 0.2) is 0 Å². The first-order valence-electron chi connectivity index (χ1n) is 17.4. The third-order valence-corrected chi connectivity index (χ3v) is 10.9. The highest BCUT2D eigenvalue weighted by Crippen LogP contribution is 2.38. The first-order chi connectivity index (χ1) is 23.8. The van der Waals surface area contributed by atoms with E-state index < -0.39 is 5.82 Å². The Labute approximate surface area is 286 Å². The van der Waals surface area contributed by atoms with Gasteiger partial charge < -0.3 is 34.4 Å². The first kappa shape index (κ1) is 31.8. The standard InChI is InChI=1S/C38H44FN7O3/c1-24-19-43(30-22-49-23-30)12-13-44(24)29-7-8-37(40-18-29)41-34-14-26(20-42(3)25(34)2)31-15-27(39)16-36(33(31)21-47)46-11-9-35-32(38(46)48)17-28-6-4-5-10-45(28)35/h7-8,14-18,20,24,30,47H,2,4-6,9-13,19,21-23H2,1,3H3,(H,40,41)/t24-/m0/s1. The highest BCUT2D eigenvalue weighted by Gasteiger charge is 2.34. The molecule has 2 fully saturated rings. The van der Waals surface area contributed by atoms with E-state index in [1.165, 1.54) is 17.8 Å². The zero-order valence-electron chi connectivity index (χ0n) is 28.3. The van der Waals surface area contributed by atoms with Crippen molar-refractivity contribution in [3.63, 3.8) is 0 Å². The molecule has 7 heterocycles. The lowest BCUT2D eigenvalue weighted by Gasteiger charge is -2.46. The maximum Gasteiger partial charge on any atom is 0.260 e. The van der Waals surface area contributed by atoms with Crippen LogP contribution in [0.3, 0.4) is 0 Å². The number of allylic oxidation sites excluding steroid dienone is 2. The van der Waals surface area contributed by atoms with Crippen molar-refractivity contribution in [3.05, 3.63) is 101 Å². The molecule has 0 spiro atoms. The predicted octanol–water partition coefficient (Wildman–Crippen LogP) is 4.76. The van der Waals surface area contributed by atoms with E-state index in [-0.39, 0.29) is 12.5 Å². The van der Waals surface area contributed by atoms with Gasteiger partial charge >= 0.3 is 0 Å². The second-order valence-electron chi connectivity index (χ2n) is 13.9. The van der Waals surface area contributed by atoms with E-state index >= 15 is 4.39 Å². The van der Waals surface area contributed by atoms with Crippen molar-refractivity contribution in [1.82, 2.24) is 19.4 Å². The van der Waals surface area contributed by atoms with Crippen molar-refractivity contribution in [3.8, 4) is 0 Å². The molecule has 256 valence electrons. The van der Waals surface area contributed by atoms with Crippen LogP contribution in [0.1, 0.15) is 52.6 Å². The number of carbonyl (C=O) groups is 1. The number of fused-ring (bicyclic) bond motifs is 3. The van der Waals surface area contributed by atoms with Crippen molar-refractivity contribution < 1.29 is 19.0 Å². The molecule has 1 amide bonds. The first-order valence-corrected chi connectivity index (χ1v) is 17.4. The number of amides is 1. The normalized spacial score (nSPS) is 21.6. The van der Waals surface area contributed by atoms with Crippen molar-refractivity contribution in [2.45, 2.75) is 57.8 Å². The second-order valence-corrected chi connectivity index (χ2v) is 13.9. The van der Waals surface area contributed by atoms with Gasteiger partial charge in [-0.05, 0) is 68.2 Å². The van der Waals surface area contributed by atoms with Crippen LogP contribution in [0.15, 0.2) is 66.8 Å². The number of ether oxygens (including phenoxy) is 1. The van der Waals surface area contributed by atoms with Gasteiger partial charge in [0.2, 0.25) is 0 Å². The Kier molecular flexibility index (Phi) is 8.29. The number of pyridine rings is 1. The van der Waals surface area contributed by atoms with Gasteiger partial charge in [0.25, 0.3) is 5.91 Å². The van der Waals surface area contributed by atoms with Gasteiger partial charge in [0.05, 0.1) is 60.4 Å². The Morgan fingerprint density at radius 1 is 1.08 bits per heavy atom. The molecule has 1 atom stereocenters. The molecule has 0 radical (unpaired) electrons. The number of hydrogen-bond donors (Lipinski definition) is 2. The Morgan fingerprint density at radius 2 is 1.94 bits per heavy atom. The van der Waals surface area contributed by atoms with Gasteiger partial charge in [-0.1, -0.05) is 6.58 Å². The van der Waals surface area contributed by atoms with Crippen molar-refractivity contribution in [2.75, 3.05) is 61.6 Å². The largest absolute Gasteiger partial charge is 0.392 e. The number of likely N-dealkylation sites (N-methyl/N-ethyl adjacent to an activating group) is 1. The van der Waals surface area contributed by atoms with Gasteiger partial charge in [-0.25, -0.2) is 9.37 Å². The summed E-state index contributed by atoms with van der Waals surface area (Å²) in [7, 11) is 1.88. The molecule has 49 heavy (non-hydrogen) atoms. The number of halogens is 1. The molecule has 8 rings (SSSR count). The molecule has 2 N–H and O–H groups in total. The topological polar surface area (TPSA) is 89.3 Å². The molecule has 3 aromatic rings. The smallest absolute Gasteiger partial charge is 0.260 e. The Bertz CT molecular complexity index is 1860. The summed E-state index contributed by atoms with van der Waals surface area (Å²) in [5.41, 5.74) is 7.59. The predicted molar refractivity (Wildman–Crippen MR) is 189 cm³/mol. The van der Waals surface area contributed by atoms with Gasteiger partial charge in [0.1, 0.15) is 11.6 Å². The molecule has 5 aliphatic rings. The molecule has 0 aliphatic carbocycles. The summed E-state index contributed by atoms with van der Waals surface area (Å²) in [5.74, 6) is 0.0475. The number of benzene rings is 1. The minimum Gasteiger partial charge on any atom is -0.392 e. The fourth-order valence-electron chi connectivity index (χ4n) is 8.06. The number of rotatable bonds is 7. The van der Waals surface area contributed by atoms with Gasteiger partial charge in [-0.15, -0.1) is 0 Å². The molecule has 5 aliphatic heterocycles. The third kappa shape index (κ3) is 5.73. The van der Waals surface area contributed by atoms with E-state index in [4.69, 9.17) is 9.72 Å². The maximum absolute atomic E-state index is 15.4. The summed E-state index contributed by atoms with van der Waals surface area (Å²) >= 11 is 0. The van der Waals surface area contributed by atoms with Crippen LogP contribution in [0.4, 0.5) is 21.6 Å². The third-order valence-electron chi connectivity index (χ3n) is 10.9. The molecule has 0 unspecified atom stereocenters. The van der Waals surface area contributed by atoms with Crippen LogP contribution in [0, 0.1) is 5.82 Å². The zero-order chi connectivity index (χ0) is 33.8. The summed E-state index contributed by atoms with van der Waals surface area (Å²) in [6.45, 7) is 12.1. The van der Waals surface area contributed by atoms with E-state index in [1.807, 2.05) is 42.6 Å². The van der Waals surface area contributed by atoms with Gasteiger partial charge in [-0.3, -0.25) is 9.69 Å². The van der Waals surface area contributed by atoms with Crippen LogP contribution >= 0.6 is 0 Å². The summed E-state index contributed by atoms with van der Waals surface area (Å²) in [5, 5.41) is 14.1. The summed E-state index contributed by atoms with van der Waals surface area (Å²) < 4.78 is 23.1. The van der Waals surface area contributed by atoms with Crippen LogP contribution < -0.4 is 15.1 Å². The lowest BCUT2D eigenvalue weighted by Crippen LogP contribution is -2.59. The highest BCUT2D eigenvalue weighted by atomic mass is 19.1. The lowest BCUT2D eigenvalue weighted by atomic mass is 9.94. The number of piperazine rings is 1. The molecular weight excluding hydrogens is 621 g/mol. The van der Waals surface area contributed by atoms with E-state index in [0.717, 1.165) is 75.7 Å². The maximum atomic E-state index is 15.4. The monoisotopic (exact) mass is 665 g/mol. The minimum atomic E-state index is -0.471. The average molecular weight is 666 g/mol. The van der Waals surface area contributed by atoms with Gasteiger partial charge in [-0.2, -0.15) is 0 Å². The Hall–Kier alpha value is -4.45. The number of aliphatic hydroxyl groups is 1. The fraction of sp³-hybridized carbons (Fsp3) is 0.421. The van der Waals surface area contributed by atoms with E-state index in [9.17, 15) is 9.90 Å². The highest BCUT2D eigenvalue weighted by molar-refractivity contribution is 6.09. The summed E-state index contributed by atoms with van der Waals surface area (Å²) in [6.07, 6.45) is 9.57. The van der Waals surface area contributed by atoms with E-state index in [0.29, 0.717) is 64.5 Å². The number of nitrogens with zero attached hydrogens (tertiary/aromatic N) is 6. The molecule has 1 aromatic carbocycles. The molecule has 0 bridgehead atoms. The number of aryl methyl sites for hydroxylation is 1. The van der Waals surface area contributed by atoms with E-state index in [2.05, 4.69) is 39.3 Å². The molecular formula is C38H44FN7O3. The molecule has 10 nitrogen and oxygen atoms in total. The molecule has 2 saturated heterocycles. The Morgan fingerprint density at radius 3 is 2.67 bits per heavy atom. The fourth-order valence-corrected chi connectivity index (χ4v) is 8.06. The number of aromatic nitrogens is 2. The SMILES string of the molecule is C=C1C(Nc2ccc(N3CCN(C4COC4)C[C@@H]3C)cn2)=CC(c2cc(F)cc(N3CCc4c(cc5n4CCCC5)C3=O)c2CO)=CN1C. The summed E-state index contributed by atoms with van der Waals surface area (Å²) in [6, 6.07) is 9.78. The quantitative estimate of drug-likeness (QED) is 0.374. The van der Waals surface area contributed by atoms with Crippen molar-refractivity contribution in [2.24, 2.45) is 0 Å². The minimum absolute atomic E-state index is 0.144. The lowest BCUT2D eigenvalue weighted by molar-refractivity contribution is -0.0691. The van der Waals surface area contributed by atoms with Crippen LogP contribution in [-0.4, -0.2) is 88.9 Å². The van der Waals surface area contributed by atoms with Crippen LogP contribution in [0.25, 0.3) is 5.57 Å². The molecule has 11 heteroatoms. The van der Waals surface area contributed by atoms with E-state index in [1.54, 1.807) is 4.90 Å². The number of carbonyl (C=O) groups excluding carboxylic acids is 1. The van der Waals surface area contributed by atoms with Crippen molar-refractivity contribution in [1.29, 1.82) is 0 Å². The zero-order valence-corrected chi connectivity index (χ0v) is 28.3. The van der Waals surface area contributed by atoms with Gasteiger partial charge in [0, 0.05) is 81.0 Å². The van der Waals surface area contributed by atoms with Crippen LogP contribution in [-0.2, 0) is 30.7 Å². The average Bonchev–Trinajstić information content (AvgIpc) is 3.46. The number of aliphatic hydroxyl groups excluding tert-OH is 1. The number of nitrogens with one attached hydrogen (secondary N) is 1. The summed E-state index contributed by atoms with van der Waals surface area (Å²) in [4.78, 5) is 27.1. The second kappa shape index (κ2) is 12.8. The van der Waals surface area contributed by atoms with Crippen LogP contribution in [0.5, 0.6) is 0 Å². The number of hydrogen-bond acceptors (Lipinski definition) is 8. The molecule has 2 aromatic heterocycles. The van der Waals surface area contributed by atoms with Crippen molar-refractivity contribution >= 4 is 28.7 Å². The Balaban J connectivity index is 1.04.